The highest BCUT2D eigenvalue weighted by Gasteiger charge is 2.34. The van der Waals surface area contributed by atoms with E-state index in [4.69, 9.17) is 17.3 Å². The Bertz CT molecular complexity index is 644. The van der Waals surface area contributed by atoms with E-state index in [-0.39, 0.29) is 40.0 Å². The minimum Gasteiger partial charge on any atom is -0.433 e. The molecule has 1 fully saturated rings. The summed E-state index contributed by atoms with van der Waals surface area (Å²) in [5.74, 6) is -0.155. The zero-order chi connectivity index (χ0) is 16.5. The maximum atomic E-state index is 12.5. The number of nitrogens with two attached hydrogens (primary N) is 1. The SMILES string of the molecule is CC(N)C1CCN(S(=O)(=O)c2ccc(OC(F)F)c(Cl)c2)C1.Cl. The summed E-state index contributed by atoms with van der Waals surface area (Å²) in [5.41, 5.74) is 5.80. The van der Waals surface area contributed by atoms with Crippen LogP contribution in [0.1, 0.15) is 13.3 Å². The highest BCUT2D eigenvalue weighted by atomic mass is 35.5. The molecule has 1 aromatic carbocycles. The molecular weight excluding hydrogens is 373 g/mol. The second-order valence-corrected chi connectivity index (χ2v) is 7.59. The van der Waals surface area contributed by atoms with Gasteiger partial charge in [-0.25, -0.2) is 8.42 Å². The van der Waals surface area contributed by atoms with E-state index in [0.29, 0.717) is 19.5 Å². The van der Waals surface area contributed by atoms with Crippen LogP contribution in [0.2, 0.25) is 5.02 Å². The largest absolute Gasteiger partial charge is 0.433 e. The predicted octanol–water partition coefficient (Wildman–Crippen LogP) is 2.72. The number of rotatable bonds is 5. The van der Waals surface area contributed by atoms with Gasteiger partial charge in [-0.2, -0.15) is 13.1 Å². The summed E-state index contributed by atoms with van der Waals surface area (Å²) in [5, 5.41) is -0.177. The van der Waals surface area contributed by atoms with E-state index in [1.165, 1.54) is 10.4 Å². The number of ether oxygens (including phenoxy) is 1. The van der Waals surface area contributed by atoms with E-state index in [9.17, 15) is 17.2 Å². The van der Waals surface area contributed by atoms with Crippen molar-refractivity contribution in [1.82, 2.24) is 4.31 Å². The van der Waals surface area contributed by atoms with Crippen LogP contribution < -0.4 is 10.5 Å². The lowest BCUT2D eigenvalue weighted by molar-refractivity contribution is -0.0498. The standard InChI is InChI=1S/C13H17ClF2N2O3S.ClH/c1-8(17)9-4-5-18(7-9)22(19,20)10-2-3-12(11(14)6-10)21-13(15)16;/h2-3,6,8-9,13H,4-5,7,17H2,1H3;1H. The van der Waals surface area contributed by atoms with Crippen LogP contribution in [-0.2, 0) is 10.0 Å². The van der Waals surface area contributed by atoms with E-state index >= 15 is 0 Å². The van der Waals surface area contributed by atoms with Crippen molar-refractivity contribution in [3.8, 4) is 5.75 Å². The molecule has 1 heterocycles. The van der Waals surface area contributed by atoms with Gasteiger partial charge in [0.2, 0.25) is 10.0 Å². The summed E-state index contributed by atoms with van der Waals surface area (Å²) >= 11 is 5.80. The zero-order valence-corrected chi connectivity index (χ0v) is 14.7. The van der Waals surface area contributed by atoms with E-state index in [0.717, 1.165) is 12.1 Å². The molecule has 10 heteroatoms. The molecule has 2 atom stereocenters. The molecule has 0 saturated carbocycles. The summed E-state index contributed by atoms with van der Waals surface area (Å²) in [6, 6.07) is 3.36. The quantitative estimate of drug-likeness (QED) is 0.838. The summed E-state index contributed by atoms with van der Waals surface area (Å²) < 4.78 is 54.9. The van der Waals surface area contributed by atoms with E-state index in [1.807, 2.05) is 6.92 Å². The molecule has 0 aliphatic carbocycles. The smallest absolute Gasteiger partial charge is 0.387 e. The molecule has 0 amide bonds. The molecule has 1 aliphatic heterocycles. The first kappa shape index (κ1) is 20.4. The Morgan fingerprint density at radius 1 is 1.43 bits per heavy atom. The minimum absolute atomic E-state index is 0. The molecule has 1 saturated heterocycles. The first-order valence-electron chi connectivity index (χ1n) is 6.72. The van der Waals surface area contributed by atoms with E-state index < -0.39 is 16.6 Å². The van der Waals surface area contributed by atoms with Gasteiger partial charge >= 0.3 is 6.61 Å². The fraction of sp³-hybridized carbons (Fsp3) is 0.538. The third-order valence-electron chi connectivity index (χ3n) is 3.69. The van der Waals surface area contributed by atoms with Crippen molar-refractivity contribution in [3.63, 3.8) is 0 Å². The van der Waals surface area contributed by atoms with Crippen LogP contribution >= 0.6 is 24.0 Å². The lowest BCUT2D eigenvalue weighted by Gasteiger charge is -2.18. The van der Waals surface area contributed by atoms with Crippen LogP contribution in [0.25, 0.3) is 0 Å². The third-order valence-corrected chi connectivity index (χ3v) is 5.84. The zero-order valence-electron chi connectivity index (χ0n) is 12.3. The van der Waals surface area contributed by atoms with E-state index in [1.54, 1.807) is 0 Å². The van der Waals surface area contributed by atoms with Crippen LogP contribution in [0.3, 0.4) is 0 Å². The summed E-state index contributed by atoms with van der Waals surface area (Å²) in [6.07, 6.45) is 0.692. The number of hydrogen-bond donors (Lipinski definition) is 1. The summed E-state index contributed by atoms with van der Waals surface area (Å²) in [4.78, 5) is -0.0514. The van der Waals surface area contributed by atoms with Crippen molar-refractivity contribution in [2.24, 2.45) is 11.7 Å². The molecule has 0 radical (unpaired) electrons. The first-order chi connectivity index (χ1) is 10.2. The molecule has 5 nitrogen and oxygen atoms in total. The number of sulfonamides is 1. The van der Waals surface area contributed by atoms with Crippen molar-refractivity contribution in [2.75, 3.05) is 13.1 Å². The van der Waals surface area contributed by atoms with Gasteiger partial charge in [0.1, 0.15) is 5.75 Å². The average molecular weight is 391 g/mol. The van der Waals surface area contributed by atoms with Crippen LogP contribution in [-0.4, -0.2) is 38.5 Å². The van der Waals surface area contributed by atoms with Crippen molar-refractivity contribution in [2.45, 2.75) is 30.9 Å². The molecule has 0 spiro atoms. The van der Waals surface area contributed by atoms with Crippen LogP contribution in [0.5, 0.6) is 5.75 Å². The Morgan fingerprint density at radius 2 is 2.09 bits per heavy atom. The minimum atomic E-state index is -3.72. The Hall–Kier alpha value is -0.670. The Kier molecular flexibility index (Phi) is 7.03. The molecular formula is C13H18Cl2F2N2O3S. The van der Waals surface area contributed by atoms with Crippen LogP contribution in [0.15, 0.2) is 23.1 Å². The Balaban J connectivity index is 0.00000264. The second-order valence-electron chi connectivity index (χ2n) is 5.24. The van der Waals surface area contributed by atoms with Crippen molar-refractivity contribution in [1.29, 1.82) is 0 Å². The van der Waals surface area contributed by atoms with Gasteiger partial charge in [-0.05, 0) is 37.5 Å². The van der Waals surface area contributed by atoms with Gasteiger partial charge in [-0.3, -0.25) is 0 Å². The number of benzene rings is 1. The molecule has 2 unspecified atom stereocenters. The first-order valence-corrected chi connectivity index (χ1v) is 8.53. The molecule has 2 N–H and O–H groups in total. The summed E-state index contributed by atoms with van der Waals surface area (Å²) in [6.45, 7) is -0.465. The monoisotopic (exact) mass is 390 g/mol. The second kappa shape index (κ2) is 7.94. The van der Waals surface area contributed by atoms with Gasteiger partial charge < -0.3 is 10.5 Å². The Labute approximate surface area is 145 Å². The van der Waals surface area contributed by atoms with Crippen LogP contribution in [0.4, 0.5) is 8.78 Å². The number of hydrogen-bond acceptors (Lipinski definition) is 4. The lowest BCUT2D eigenvalue weighted by Crippen LogP contribution is -2.33. The highest BCUT2D eigenvalue weighted by molar-refractivity contribution is 7.89. The molecule has 0 bridgehead atoms. The van der Waals surface area contributed by atoms with Gasteiger partial charge in [0, 0.05) is 19.1 Å². The molecule has 2 rings (SSSR count). The molecule has 0 aromatic heterocycles. The lowest BCUT2D eigenvalue weighted by atomic mass is 10.0. The Morgan fingerprint density at radius 3 is 2.57 bits per heavy atom. The van der Waals surface area contributed by atoms with Gasteiger partial charge in [0.05, 0.1) is 9.92 Å². The van der Waals surface area contributed by atoms with Crippen molar-refractivity contribution in [3.05, 3.63) is 23.2 Å². The van der Waals surface area contributed by atoms with Crippen molar-refractivity contribution >= 4 is 34.0 Å². The van der Waals surface area contributed by atoms with Gasteiger partial charge in [0.15, 0.2) is 0 Å². The number of alkyl halides is 2. The third kappa shape index (κ3) is 4.67. The fourth-order valence-corrected chi connectivity index (χ4v) is 4.21. The summed E-state index contributed by atoms with van der Waals surface area (Å²) in [7, 11) is -3.72. The maximum absolute atomic E-state index is 12.5. The molecule has 132 valence electrons. The number of nitrogens with zero attached hydrogens (tertiary/aromatic N) is 1. The average Bonchev–Trinajstić information content (AvgIpc) is 2.91. The highest BCUT2D eigenvalue weighted by Crippen LogP contribution is 2.31. The van der Waals surface area contributed by atoms with E-state index in [2.05, 4.69) is 4.74 Å². The topological polar surface area (TPSA) is 72.6 Å². The fourth-order valence-electron chi connectivity index (χ4n) is 2.38. The predicted molar refractivity (Wildman–Crippen MR) is 85.8 cm³/mol. The molecule has 1 aliphatic rings. The normalized spacial score (nSPS) is 20.3. The maximum Gasteiger partial charge on any atom is 0.387 e. The molecule has 1 aromatic rings. The number of halogens is 4. The van der Waals surface area contributed by atoms with Crippen LogP contribution in [0, 0.1) is 5.92 Å². The molecule has 23 heavy (non-hydrogen) atoms. The van der Waals surface area contributed by atoms with Gasteiger partial charge in [-0.15, -0.1) is 12.4 Å². The van der Waals surface area contributed by atoms with Gasteiger partial charge in [-0.1, -0.05) is 11.6 Å². The van der Waals surface area contributed by atoms with Gasteiger partial charge in [0.25, 0.3) is 0 Å². The van der Waals surface area contributed by atoms with Crippen molar-refractivity contribution < 1.29 is 21.9 Å².